The lowest BCUT2D eigenvalue weighted by molar-refractivity contribution is -0.124. The summed E-state index contributed by atoms with van der Waals surface area (Å²) in [6.07, 6.45) is 8.31. The van der Waals surface area contributed by atoms with Gasteiger partial charge in [0.15, 0.2) is 0 Å². The van der Waals surface area contributed by atoms with Crippen LogP contribution in [0.2, 0.25) is 0 Å². The molecule has 25 heavy (non-hydrogen) atoms. The summed E-state index contributed by atoms with van der Waals surface area (Å²) in [7, 11) is 1.76. The van der Waals surface area contributed by atoms with Crippen molar-refractivity contribution in [3.63, 3.8) is 0 Å². The van der Waals surface area contributed by atoms with E-state index in [-0.39, 0.29) is 18.0 Å². The Balaban J connectivity index is 1.61. The van der Waals surface area contributed by atoms with E-state index in [1.165, 1.54) is 29.5 Å². The number of allylic oxidation sites excluding steroid dienone is 1. The van der Waals surface area contributed by atoms with Gasteiger partial charge in [0.25, 0.3) is 0 Å². The van der Waals surface area contributed by atoms with Crippen LogP contribution < -0.4 is 10.6 Å². The number of hydrogen-bond donors (Lipinski definition) is 2. The lowest BCUT2D eigenvalue weighted by atomic mass is 9.98. The molecule has 1 aliphatic carbocycles. The van der Waals surface area contributed by atoms with E-state index >= 15 is 0 Å². The number of hydrogen-bond acceptors (Lipinski definition) is 3. The van der Waals surface area contributed by atoms with Crippen molar-refractivity contribution in [2.24, 2.45) is 10.9 Å². The molecule has 134 valence electrons. The summed E-state index contributed by atoms with van der Waals surface area (Å²) in [5.74, 6) is 0.630. The number of piperidine rings is 1. The van der Waals surface area contributed by atoms with Gasteiger partial charge in [-0.05, 0) is 56.6 Å². The molecule has 1 saturated heterocycles. The number of carbonyl (C=O) groups is 1. The van der Waals surface area contributed by atoms with Crippen molar-refractivity contribution < 1.29 is 4.79 Å². The van der Waals surface area contributed by atoms with Gasteiger partial charge < -0.3 is 10.6 Å². The Kier molecular flexibility index (Phi) is 5.69. The van der Waals surface area contributed by atoms with Gasteiger partial charge in [0, 0.05) is 19.3 Å². The van der Waals surface area contributed by atoms with E-state index < -0.39 is 0 Å². The van der Waals surface area contributed by atoms with Crippen molar-refractivity contribution in [2.75, 3.05) is 7.05 Å². The molecule has 0 spiro atoms. The number of aliphatic imine (C=N–C) groups is 1. The Morgan fingerprint density at radius 2 is 2.08 bits per heavy atom. The zero-order valence-corrected chi connectivity index (χ0v) is 15.5. The largest absolute Gasteiger partial charge is 0.347 e. The van der Waals surface area contributed by atoms with Crippen molar-refractivity contribution in [2.45, 2.75) is 57.7 Å². The van der Waals surface area contributed by atoms with Gasteiger partial charge in [-0.15, -0.1) is 0 Å². The summed E-state index contributed by atoms with van der Waals surface area (Å²) in [6.45, 7) is 4.20. The second-order valence-electron chi connectivity index (χ2n) is 7.60. The van der Waals surface area contributed by atoms with E-state index in [1.807, 2.05) is 6.21 Å². The number of nitrogens with zero attached hydrogens (tertiary/aromatic N) is 1. The van der Waals surface area contributed by atoms with Crippen LogP contribution in [0.3, 0.4) is 0 Å². The Hall–Kier alpha value is -1.94. The second-order valence-corrected chi connectivity index (χ2v) is 7.60. The maximum Gasteiger partial charge on any atom is 0.237 e. The Labute approximate surface area is 150 Å². The van der Waals surface area contributed by atoms with Gasteiger partial charge in [0.05, 0.1) is 12.1 Å². The lowest BCUT2D eigenvalue weighted by Crippen LogP contribution is -2.51. The first-order valence-electron chi connectivity index (χ1n) is 9.27. The van der Waals surface area contributed by atoms with Crippen molar-refractivity contribution in [3.05, 3.63) is 41.0 Å². The molecule has 2 fully saturated rings. The van der Waals surface area contributed by atoms with Crippen LogP contribution in [0.4, 0.5) is 0 Å². The predicted octanol–water partition coefficient (Wildman–Crippen LogP) is 2.98. The topological polar surface area (TPSA) is 53.5 Å². The van der Waals surface area contributed by atoms with Crippen LogP contribution in [0.25, 0.3) is 6.08 Å². The van der Waals surface area contributed by atoms with Gasteiger partial charge >= 0.3 is 0 Å². The fourth-order valence-corrected chi connectivity index (χ4v) is 4.08. The average Bonchev–Trinajstić information content (AvgIpc) is 3.19. The zero-order valence-electron chi connectivity index (χ0n) is 15.5. The number of fused-ring (bicyclic) bond motifs is 2. The smallest absolute Gasteiger partial charge is 0.237 e. The number of rotatable bonds is 6. The lowest BCUT2D eigenvalue weighted by Gasteiger charge is -2.24. The highest BCUT2D eigenvalue weighted by Crippen LogP contribution is 2.35. The van der Waals surface area contributed by atoms with Gasteiger partial charge in [-0.25, -0.2) is 0 Å². The molecule has 2 aliphatic rings. The van der Waals surface area contributed by atoms with E-state index in [9.17, 15) is 4.79 Å². The first kappa shape index (κ1) is 17.9. The molecule has 2 bridgehead atoms. The van der Waals surface area contributed by atoms with Gasteiger partial charge in [0.1, 0.15) is 0 Å². The molecule has 3 rings (SSSR count). The van der Waals surface area contributed by atoms with Gasteiger partial charge in [0.2, 0.25) is 5.91 Å². The average molecular weight is 339 g/mol. The third-order valence-corrected chi connectivity index (χ3v) is 5.19. The highest BCUT2D eigenvalue weighted by molar-refractivity contribution is 5.86. The monoisotopic (exact) mass is 339 g/mol. The summed E-state index contributed by atoms with van der Waals surface area (Å²) < 4.78 is 0. The van der Waals surface area contributed by atoms with E-state index in [0.29, 0.717) is 12.0 Å². The molecular formula is C21H29N3O. The van der Waals surface area contributed by atoms with Crippen molar-refractivity contribution in [3.8, 4) is 0 Å². The summed E-state index contributed by atoms with van der Waals surface area (Å²) >= 11 is 0. The zero-order chi connectivity index (χ0) is 17.8. The summed E-state index contributed by atoms with van der Waals surface area (Å²) in [5, 5.41) is 6.64. The summed E-state index contributed by atoms with van der Waals surface area (Å²) in [6, 6.07) is 8.98. The fraction of sp³-hybridized carbons (Fsp3) is 0.524. The van der Waals surface area contributed by atoms with E-state index in [4.69, 9.17) is 0 Å². The SMILES string of the molecule is C/N=C\[C@H](Cc1ccc(C=C(C)C)cc1)NC(=O)[C@H]1N[C@@H]2CC[C@H]1C2. The molecule has 0 unspecified atom stereocenters. The highest BCUT2D eigenvalue weighted by Gasteiger charge is 2.42. The normalized spacial score (nSPS) is 26.0. The summed E-state index contributed by atoms with van der Waals surface area (Å²) in [5.41, 5.74) is 3.70. The van der Waals surface area contributed by atoms with Crippen LogP contribution >= 0.6 is 0 Å². The quantitative estimate of drug-likeness (QED) is 0.783. The highest BCUT2D eigenvalue weighted by atomic mass is 16.2. The van der Waals surface area contributed by atoms with Crippen LogP contribution in [-0.4, -0.2) is 37.3 Å². The molecule has 1 amide bonds. The van der Waals surface area contributed by atoms with Crippen LogP contribution in [0, 0.1) is 5.92 Å². The molecule has 1 saturated carbocycles. The molecule has 4 nitrogen and oxygen atoms in total. The van der Waals surface area contributed by atoms with Crippen molar-refractivity contribution in [1.82, 2.24) is 10.6 Å². The Morgan fingerprint density at radius 1 is 1.32 bits per heavy atom. The van der Waals surface area contributed by atoms with Crippen molar-refractivity contribution >= 4 is 18.2 Å². The third-order valence-electron chi connectivity index (χ3n) is 5.19. The molecule has 0 aromatic heterocycles. The Morgan fingerprint density at radius 3 is 2.64 bits per heavy atom. The molecule has 0 radical (unpaired) electrons. The molecule has 1 aromatic carbocycles. The summed E-state index contributed by atoms with van der Waals surface area (Å²) in [4.78, 5) is 16.8. The van der Waals surface area contributed by atoms with Crippen LogP contribution in [-0.2, 0) is 11.2 Å². The van der Waals surface area contributed by atoms with E-state index in [0.717, 1.165) is 12.8 Å². The predicted molar refractivity (Wildman–Crippen MR) is 104 cm³/mol. The number of amides is 1. The maximum absolute atomic E-state index is 12.6. The maximum atomic E-state index is 12.6. The van der Waals surface area contributed by atoms with Gasteiger partial charge in [-0.3, -0.25) is 9.79 Å². The second kappa shape index (κ2) is 7.96. The fourth-order valence-electron chi connectivity index (χ4n) is 4.08. The molecule has 1 heterocycles. The first-order valence-corrected chi connectivity index (χ1v) is 9.27. The third kappa shape index (κ3) is 4.57. The van der Waals surface area contributed by atoms with Crippen LogP contribution in [0.5, 0.6) is 0 Å². The molecule has 4 heteroatoms. The molecule has 4 atom stereocenters. The number of carbonyl (C=O) groups excluding carboxylic acids is 1. The van der Waals surface area contributed by atoms with Crippen LogP contribution in [0.15, 0.2) is 34.8 Å². The minimum Gasteiger partial charge on any atom is -0.347 e. The minimum absolute atomic E-state index is 0.0217. The first-order chi connectivity index (χ1) is 12.0. The number of benzene rings is 1. The van der Waals surface area contributed by atoms with Gasteiger partial charge in [-0.2, -0.15) is 0 Å². The molecule has 1 aromatic rings. The Bertz CT molecular complexity index is 658. The van der Waals surface area contributed by atoms with Crippen molar-refractivity contribution in [1.29, 1.82) is 0 Å². The van der Waals surface area contributed by atoms with E-state index in [2.05, 4.69) is 59.8 Å². The van der Waals surface area contributed by atoms with E-state index in [1.54, 1.807) is 7.05 Å². The van der Waals surface area contributed by atoms with Gasteiger partial charge in [-0.1, -0.05) is 35.9 Å². The standard InChI is InChI=1S/C21H29N3O/c1-14(2)10-15-4-6-16(7-5-15)11-19(13-22-3)24-21(25)20-17-8-9-18(12-17)23-20/h4-7,10,13,17-20,23H,8-9,11-12H2,1-3H3,(H,24,25)/b22-13-/t17-,18+,19-,20-/m0/s1. The minimum atomic E-state index is -0.0623. The van der Waals surface area contributed by atoms with Crippen LogP contribution in [0.1, 0.15) is 44.2 Å². The molecule has 1 aliphatic heterocycles. The molecular weight excluding hydrogens is 310 g/mol. The molecule has 2 N–H and O–H groups in total. The number of nitrogens with one attached hydrogen (secondary N) is 2.